The molecular formula is C36H50N6O2S. The SMILES string of the molecule is COc1ccc(CN2CCC([C@H](c3ccsc3)N3CCN(C4(C)CCN(C(=O)c5c(C)ncnc5C)CC4)C[C@@H]3C)CC2)cc1. The molecule has 0 bridgehead atoms. The minimum Gasteiger partial charge on any atom is -0.497 e. The van der Waals surface area contributed by atoms with E-state index >= 15 is 0 Å². The topological polar surface area (TPSA) is 65.0 Å². The van der Waals surface area contributed by atoms with Crippen LogP contribution < -0.4 is 4.74 Å². The number of likely N-dealkylation sites (tertiary alicyclic amines) is 2. The number of amides is 1. The molecule has 2 aromatic heterocycles. The van der Waals surface area contributed by atoms with Gasteiger partial charge in [-0.1, -0.05) is 12.1 Å². The van der Waals surface area contributed by atoms with Gasteiger partial charge < -0.3 is 9.64 Å². The zero-order chi connectivity index (χ0) is 31.6. The lowest BCUT2D eigenvalue weighted by Gasteiger charge is -2.54. The van der Waals surface area contributed by atoms with Gasteiger partial charge in [-0.15, -0.1) is 0 Å². The molecule has 0 saturated carbocycles. The molecule has 45 heavy (non-hydrogen) atoms. The second kappa shape index (κ2) is 13.9. The Hall–Kier alpha value is -2.85. The third-order valence-electron chi connectivity index (χ3n) is 10.9. The Bertz CT molecular complexity index is 1390. The van der Waals surface area contributed by atoms with Crippen LogP contribution in [0.25, 0.3) is 0 Å². The van der Waals surface area contributed by atoms with Crippen LogP contribution in [0.3, 0.4) is 0 Å². The van der Waals surface area contributed by atoms with E-state index < -0.39 is 0 Å². The van der Waals surface area contributed by atoms with Crippen LogP contribution in [0.15, 0.2) is 47.4 Å². The fraction of sp³-hybridized carbons (Fsp3) is 0.583. The van der Waals surface area contributed by atoms with Gasteiger partial charge >= 0.3 is 0 Å². The maximum Gasteiger partial charge on any atom is 0.257 e. The average molecular weight is 631 g/mol. The highest BCUT2D eigenvalue weighted by atomic mass is 32.1. The first kappa shape index (κ1) is 32.1. The number of carbonyl (C=O) groups is 1. The van der Waals surface area contributed by atoms with Gasteiger partial charge in [0.25, 0.3) is 5.91 Å². The highest BCUT2D eigenvalue weighted by molar-refractivity contribution is 7.08. The number of benzene rings is 1. The van der Waals surface area contributed by atoms with Crippen molar-refractivity contribution in [1.82, 2.24) is 29.6 Å². The summed E-state index contributed by atoms with van der Waals surface area (Å²) in [5.41, 5.74) is 5.19. The molecule has 0 radical (unpaired) electrons. The Kier molecular flexibility index (Phi) is 9.90. The molecule has 3 fully saturated rings. The van der Waals surface area contributed by atoms with E-state index in [9.17, 15) is 4.79 Å². The van der Waals surface area contributed by atoms with Crippen molar-refractivity contribution in [2.45, 2.75) is 77.5 Å². The highest BCUT2D eigenvalue weighted by Gasteiger charge is 2.43. The van der Waals surface area contributed by atoms with E-state index in [1.165, 1.54) is 24.0 Å². The monoisotopic (exact) mass is 630 g/mol. The largest absolute Gasteiger partial charge is 0.497 e. The lowest BCUT2D eigenvalue weighted by molar-refractivity contribution is -0.0438. The van der Waals surface area contributed by atoms with Gasteiger partial charge in [0.15, 0.2) is 0 Å². The van der Waals surface area contributed by atoms with Gasteiger partial charge in [0.2, 0.25) is 0 Å². The van der Waals surface area contributed by atoms with E-state index in [1.54, 1.807) is 13.4 Å². The predicted molar refractivity (Wildman–Crippen MR) is 181 cm³/mol. The number of methoxy groups -OCH3 is 1. The van der Waals surface area contributed by atoms with Gasteiger partial charge in [-0.25, -0.2) is 9.97 Å². The second-order valence-electron chi connectivity index (χ2n) is 13.7. The molecule has 6 rings (SSSR count). The van der Waals surface area contributed by atoms with Crippen molar-refractivity contribution in [3.8, 4) is 5.75 Å². The molecule has 5 heterocycles. The maximum atomic E-state index is 13.4. The Balaban J connectivity index is 1.06. The lowest BCUT2D eigenvalue weighted by Crippen LogP contribution is -2.62. The summed E-state index contributed by atoms with van der Waals surface area (Å²) in [6, 6.07) is 11.9. The number of nitrogens with zero attached hydrogens (tertiary/aromatic N) is 6. The standard InChI is InChI=1S/C36H50N6O2S/c1-26-22-41(36(4)13-17-40(18-14-36)35(43)33-27(2)37-25-38-28(33)3)19-20-42(26)34(31-12-21-45-24-31)30-10-15-39(16-11-30)23-29-6-8-32(44-5)9-7-29/h6-9,12,21,24-26,30,34H,10-11,13-20,22-23H2,1-5H3/t26-,34+/m0/s1. The summed E-state index contributed by atoms with van der Waals surface area (Å²) >= 11 is 1.83. The summed E-state index contributed by atoms with van der Waals surface area (Å²) < 4.78 is 5.34. The number of hydrogen-bond donors (Lipinski definition) is 0. The Labute approximate surface area is 273 Å². The van der Waals surface area contributed by atoms with Crippen molar-refractivity contribution < 1.29 is 9.53 Å². The molecule has 3 aliphatic rings. The van der Waals surface area contributed by atoms with E-state index in [1.807, 2.05) is 30.1 Å². The molecule has 0 aliphatic carbocycles. The van der Waals surface area contributed by atoms with Crippen LogP contribution in [0.2, 0.25) is 0 Å². The van der Waals surface area contributed by atoms with E-state index in [4.69, 9.17) is 4.74 Å². The minimum absolute atomic E-state index is 0.0829. The van der Waals surface area contributed by atoms with Gasteiger partial charge in [0.05, 0.1) is 24.1 Å². The third kappa shape index (κ3) is 6.97. The van der Waals surface area contributed by atoms with E-state index in [0.717, 1.165) is 82.3 Å². The van der Waals surface area contributed by atoms with E-state index in [2.05, 4.69) is 79.6 Å². The Morgan fingerprint density at radius 1 is 1.00 bits per heavy atom. The molecule has 0 unspecified atom stereocenters. The van der Waals surface area contributed by atoms with Crippen molar-refractivity contribution in [3.05, 3.63) is 75.5 Å². The first-order valence-electron chi connectivity index (χ1n) is 16.7. The number of aryl methyl sites for hydroxylation is 2. The number of rotatable bonds is 8. The molecule has 1 aromatic carbocycles. The van der Waals surface area contributed by atoms with Gasteiger partial charge in [-0.05, 0) is 112 Å². The number of ether oxygens (including phenoxy) is 1. The molecule has 8 nitrogen and oxygen atoms in total. The molecule has 3 saturated heterocycles. The zero-order valence-electron chi connectivity index (χ0n) is 27.7. The van der Waals surface area contributed by atoms with E-state index in [-0.39, 0.29) is 11.4 Å². The zero-order valence-corrected chi connectivity index (χ0v) is 28.6. The van der Waals surface area contributed by atoms with E-state index in [0.29, 0.717) is 23.6 Å². The van der Waals surface area contributed by atoms with Crippen LogP contribution in [0.5, 0.6) is 5.75 Å². The smallest absolute Gasteiger partial charge is 0.257 e. The number of thiophene rings is 1. The molecule has 1 amide bonds. The normalized spacial score (nSPS) is 22.8. The Morgan fingerprint density at radius 3 is 2.29 bits per heavy atom. The fourth-order valence-corrected chi connectivity index (χ4v) is 8.73. The van der Waals surface area contributed by atoms with Crippen LogP contribution in [-0.4, -0.2) is 100.0 Å². The van der Waals surface area contributed by atoms with Crippen LogP contribution in [0.1, 0.15) is 78.4 Å². The number of hydrogen-bond acceptors (Lipinski definition) is 8. The summed E-state index contributed by atoms with van der Waals surface area (Å²) in [7, 11) is 1.72. The van der Waals surface area contributed by atoms with Crippen molar-refractivity contribution in [2.24, 2.45) is 5.92 Å². The maximum absolute atomic E-state index is 13.4. The molecular weight excluding hydrogens is 581 g/mol. The molecule has 9 heteroatoms. The number of piperazine rings is 1. The molecule has 0 N–H and O–H groups in total. The highest BCUT2D eigenvalue weighted by Crippen LogP contribution is 2.40. The molecule has 242 valence electrons. The minimum atomic E-state index is 0.0829. The van der Waals surface area contributed by atoms with Gasteiger partial charge in [-0.3, -0.25) is 19.5 Å². The molecule has 2 atom stereocenters. The summed E-state index contributed by atoms with van der Waals surface area (Å²) in [5.74, 6) is 1.67. The van der Waals surface area contributed by atoms with Crippen molar-refractivity contribution in [2.75, 3.05) is 52.9 Å². The van der Waals surface area contributed by atoms with Gasteiger partial charge in [0, 0.05) is 56.9 Å². The van der Waals surface area contributed by atoms with Gasteiger partial charge in [-0.2, -0.15) is 11.3 Å². The van der Waals surface area contributed by atoms with Crippen molar-refractivity contribution >= 4 is 17.2 Å². The summed E-state index contributed by atoms with van der Waals surface area (Å²) in [6.07, 6.45) is 6.01. The van der Waals surface area contributed by atoms with Crippen LogP contribution in [0.4, 0.5) is 0 Å². The Morgan fingerprint density at radius 2 is 1.69 bits per heavy atom. The number of aromatic nitrogens is 2. The average Bonchev–Trinajstić information content (AvgIpc) is 3.58. The summed E-state index contributed by atoms with van der Waals surface area (Å²) in [4.78, 5) is 32.2. The number of carbonyl (C=O) groups excluding carboxylic acids is 1. The van der Waals surface area contributed by atoms with Crippen LogP contribution in [-0.2, 0) is 6.54 Å². The molecule has 0 spiro atoms. The quantitative estimate of drug-likeness (QED) is 0.311. The predicted octanol–water partition coefficient (Wildman–Crippen LogP) is 5.82. The first-order valence-corrected chi connectivity index (χ1v) is 17.7. The van der Waals surface area contributed by atoms with Crippen molar-refractivity contribution in [1.29, 1.82) is 0 Å². The first-order chi connectivity index (χ1) is 21.8. The second-order valence-corrected chi connectivity index (χ2v) is 14.5. The van der Waals surface area contributed by atoms with Gasteiger partial charge in [0.1, 0.15) is 12.1 Å². The third-order valence-corrected chi connectivity index (χ3v) is 11.6. The van der Waals surface area contributed by atoms with Crippen LogP contribution in [0, 0.1) is 19.8 Å². The molecule has 3 aromatic rings. The summed E-state index contributed by atoms with van der Waals surface area (Å²) in [6.45, 7) is 16.8. The van der Waals surface area contributed by atoms with Crippen LogP contribution >= 0.6 is 11.3 Å². The van der Waals surface area contributed by atoms with Crippen molar-refractivity contribution in [3.63, 3.8) is 0 Å². The lowest BCUT2D eigenvalue weighted by atomic mass is 9.83. The molecule has 3 aliphatic heterocycles. The number of piperidine rings is 2. The summed E-state index contributed by atoms with van der Waals surface area (Å²) in [5, 5.41) is 4.64. The fourth-order valence-electron chi connectivity index (χ4n) is 8.04.